The molecule has 3 rings (SSSR count). The van der Waals surface area contributed by atoms with Crippen molar-refractivity contribution in [2.24, 2.45) is 0 Å². The van der Waals surface area contributed by atoms with Crippen molar-refractivity contribution in [3.63, 3.8) is 0 Å². The van der Waals surface area contributed by atoms with Gasteiger partial charge < -0.3 is 9.64 Å². The van der Waals surface area contributed by atoms with Crippen LogP contribution in [0.15, 0.2) is 60.7 Å². The molecular formula is C22H25NO2. The minimum absolute atomic E-state index is 0.140. The Hall–Kier alpha value is -2.55. The lowest BCUT2D eigenvalue weighted by Gasteiger charge is -2.29. The van der Waals surface area contributed by atoms with Gasteiger partial charge in [-0.2, -0.15) is 0 Å². The maximum Gasteiger partial charge on any atom is 0.254 e. The highest BCUT2D eigenvalue weighted by atomic mass is 16.5. The summed E-state index contributed by atoms with van der Waals surface area (Å²) < 4.78 is 5.69. The van der Waals surface area contributed by atoms with E-state index in [4.69, 9.17) is 4.74 Å². The van der Waals surface area contributed by atoms with E-state index in [1.165, 1.54) is 5.56 Å². The van der Waals surface area contributed by atoms with Gasteiger partial charge >= 0.3 is 0 Å². The second-order valence-corrected chi connectivity index (χ2v) is 6.70. The maximum atomic E-state index is 12.7. The summed E-state index contributed by atoms with van der Waals surface area (Å²) in [4.78, 5) is 14.7. The molecule has 0 N–H and O–H groups in total. The molecule has 2 aromatic rings. The Balaban J connectivity index is 1.58. The fourth-order valence-electron chi connectivity index (χ4n) is 3.14. The number of carbonyl (C=O) groups excluding carboxylic acids is 1. The Bertz CT molecular complexity index is 752. The summed E-state index contributed by atoms with van der Waals surface area (Å²) >= 11 is 0. The lowest BCUT2D eigenvalue weighted by Crippen LogP contribution is -2.38. The van der Waals surface area contributed by atoms with Crippen LogP contribution >= 0.6 is 0 Å². The molecule has 0 aliphatic carbocycles. The number of fused-ring (bicyclic) bond motifs is 1. The van der Waals surface area contributed by atoms with Gasteiger partial charge in [-0.25, -0.2) is 0 Å². The molecule has 1 aliphatic heterocycles. The van der Waals surface area contributed by atoms with Crippen molar-refractivity contribution in [1.82, 2.24) is 4.90 Å². The van der Waals surface area contributed by atoms with E-state index in [0.717, 1.165) is 54.8 Å². The molecule has 0 aromatic heterocycles. The topological polar surface area (TPSA) is 29.5 Å². The third kappa shape index (κ3) is 4.50. The van der Waals surface area contributed by atoms with Gasteiger partial charge in [0.1, 0.15) is 12.4 Å². The Morgan fingerprint density at radius 3 is 2.76 bits per heavy atom. The first-order valence-corrected chi connectivity index (χ1v) is 8.87. The average Bonchev–Trinajstić information content (AvgIpc) is 2.63. The van der Waals surface area contributed by atoms with Gasteiger partial charge in [-0.15, -0.1) is 0 Å². The number of ether oxygens (including phenoxy) is 1. The largest absolute Gasteiger partial charge is 0.489 e. The first-order valence-electron chi connectivity index (χ1n) is 8.87. The van der Waals surface area contributed by atoms with Gasteiger partial charge in [0.2, 0.25) is 0 Å². The molecule has 0 unspecified atom stereocenters. The first-order chi connectivity index (χ1) is 12.1. The standard InChI is InChI=1S/C22H25NO2/c1-17(2)16-25-20-10-11-21-19(15-20)12-14-23(22(21)24)13-6-9-18-7-4-3-5-8-18/h3-5,7-8,10-11,15H,1,6,9,12-14,16H2,2H3. The summed E-state index contributed by atoms with van der Waals surface area (Å²) in [6.45, 7) is 7.89. The lowest BCUT2D eigenvalue weighted by atomic mass is 9.98. The van der Waals surface area contributed by atoms with Crippen LogP contribution in [0.5, 0.6) is 5.75 Å². The Morgan fingerprint density at radius 1 is 1.20 bits per heavy atom. The SMILES string of the molecule is C=C(C)COc1ccc2c(c1)CCN(CCCc1ccccc1)C2=O. The molecule has 0 spiro atoms. The molecule has 2 aromatic carbocycles. The van der Waals surface area contributed by atoms with Crippen LogP contribution in [0.3, 0.4) is 0 Å². The zero-order valence-corrected chi connectivity index (χ0v) is 14.8. The number of benzene rings is 2. The number of aryl methyl sites for hydroxylation is 1. The maximum absolute atomic E-state index is 12.7. The van der Waals surface area contributed by atoms with Gasteiger partial charge in [-0.05, 0) is 61.1 Å². The lowest BCUT2D eigenvalue weighted by molar-refractivity contribution is 0.0738. The minimum atomic E-state index is 0.140. The molecule has 0 bridgehead atoms. The normalized spacial score (nSPS) is 13.5. The molecule has 3 nitrogen and oxygen atoms in total. The average molecular weight is 335 g/mol. The fraction of sp³-hybridized carbons (Fsp3) is 0.318. The van der Waals surface area contributed by atoms with E-state index in [1.807, 2.05) is 36.1 Å². The van der Waals surface area contributed by atoms with Crippen LogP contribution < -0.4 is 4.74 Å². The molecule has 130 valence electrons. The van der Waals surface area contributed by atoms with E-state index in [0.29, 0.717) is 6.61 Å². The third-order valence-electron chi connectivity index (χ3n) is 4.47. The minimum Gasteiger partial charge on any atom is -0.489 e. The summed E-state index contributed by atoms with van der Waals surface area (Å²) in [6.07, 6.45) is 2.88. The van der Waals surface area contributed by atoms with Crippen LogP contribution in [0.25, 0.3) is 0 Å². The van der Waals surface area contributed by atoms with Crippen LogP contribution in [0.2, 0.25) is 0 Å². The smallest absolute Gasteiger partial charge is 0.254 e. The molecule has 0 fully saturated rings. The molecule has 1 amide bonds. The molecule has 3 heteroatoms. The second kappa shape index (κ2) is 8.02. The van der Waals surface area contributed by atoms with Gasteiger partial charge in [0.25, 0.3) is 5.91 Å². The van der Waals surface area contributed by atoms with Crippen molar-refractivity contribution in [3.8, 4) is 5.75 Å². The van der Waals surface area contributed by atoms with Crippen molar-refractivity contribution < 1.29 is 9.53 Å². The van der Waals surface area contributed by atoms with Gasteiger partial charge in [0, 0.05) is 18.7 Å². The van der Waals surface area contributed by atoms with E-state index in [9.17, 15) is 4.79 Å². The van der Waals surface area contributed by atoms with Gasteiger partial charge in [0.05, 0.1) is 0 Å². The predicted molar refractivity (Wildman–Crippen MR) is 101 cm³/mol. The zero-order chi connectivity index (χ0) is 17.6. The quantitative estimate of drug-likeness (QED) is 0.707. The van der Waals surface area contributed by atoms with Crippen molar-refractivity contribution in [2.75, 3.05) is 19.7 Å². The second-order valence-electron chi connectivity index (χ2n) is 6.70. The van der Waals surface area contributed by atoms with E-state index in [-0.39, 0.29) is 5.91 Å². The van der Waals surface area contributed by atoms with Gasteiger partial charge in [0.15, 0.2) is 0 Å². The van der Waals surface area contributed by atoms with Gasteiger partial charge in [-0.1, -0.05) is 36.9 Å². The third-order valence-corrected chi connectivity index (χ3v) is 4.47. The molecule has 0 radical (unpaired) electrons. The summed E-state index contributed by atoms with van der Waals surface area (Å²) in [6, 6.07) is 16.2. The van der Waals surface area contributed by atoms with Crippen LogP contribution in [0.1, 0.15) is 34.8 Å². The van der Waals surface area contributed by atoms with Crippen molar-refractivity contribution in [2.45, 2.75) is 26.2 Å². The number of rotatable bonds is 7. The van der Waals surface area contributed by atoms with E-state index >= 15 is 0 Å². The molecule has 0 saturated heterocycles. The molecule has 1 aliphatic rings. The Kier molecular flexibility index (Phi) is 5.54. The number of hydrogen-bond acceptors (Lipinski definition) is 2. The highest BCUT2D eigenvalue weighted by molar-refractivity contribution is 5.96. The number of hydrogen-bond donors (Lipinski definition) is 0. The molecule has 1 heterocycles. The van der Waals surface area contributed by atoms with Crippen LogP contribution in [0.4, 0.5) is 0 Å². The Labute approximate surface area is 149 Å². The van der Waals surface area contributed by atoms with Crippen LogP contribution in [-0.4, -0.2) is 30.5 Å². The van der Waals surface area contributed by atoms with E-state index in [1.54, 1.807) is 0 Å². The molecule has 0 saturated carbocycles. The summed E-state index contributed by atoms with van der Waals surface area (Å²) in [5, 5.41) is 0. The van der Waals surface area contributed by atoms with Crippen molar-refractivity contribution in [3.05, 3.63) is 77.4 Å². The number of nitrogens with zero attached hydrogens (tertiary/aromatic N) is 1. The van der Waals surface area contributed by atoms with Crippen LogP contribution in [-0.2, 0) is 12.8 Å². The number of amides is 1. The molecular weight excluding hydrogens is 310 g/mol. The van der Waals surface area contributed by atoms with Crippen molar-refractivity contribution in [1.29, 1.82) is 0 Å². The highest BCUT2D eigenvalue weighted by Crippen LogP contribution is 2.24. The fourth-order valence-corrected chi connectivity index (χ4v) is 3.14. The van der Waals surface area contributed by atoms with E-state index < -0.39 is 0 Å². The predicted octanol–water partition coefficient (Wildman–Crippen LogP) is 4.27. The van der Waals surface area contributed by atoms with Gasteiger partial charge in [-0.3, -0.25) is 4.79 Å². The van der Waals surface area contributed by atoms with E-state index in [2.05, 4.69) is 30.8 Å². The summed E-state index contributed by atoms with van der Waals surface area (Å²) in [5.74, 6) is 0.952. The molecule has 25 heavy (non-hydrogen) atoms. The zero-order valence-electron chi connectivity index (χ0n) is 14.8. The first kappa shape index (κ1) is 17.3. The Morgan fingerprint density at radius 2 is 2.00 bits per heavy atom. The number of carbonyl (C=O) groups is 1. The monoisotopic (exact) mass is 335 g/mol. The van der Waals surface area contributed by atoms with Crippen LogP contribution in [0, 0.1) is 0 Å². The molecule has 0 atom stereocenters. The van der Waals surface area contributed by atoms with Crippen molar-refractivity contribution >= 4 is 5.91 Å². The summed E-state index contributed by atoms with van der Waals surface area (Å²) in [7, 11) is 0. The summed E-state index contributed by atoms with van der Waals surface area (Å²) in [5.41, 5.74) is 4.21. The highest BCUT2D eigenvalue weighted by Gasteiger charge is 2.24.